The minimum absolute atomic E-state index is 0.0188. The molecule has 0 aromatic heterocycles. The van der Waals surface area contributed by atoms with Crippen LogP contribution < -0.4 is 15.5 Å². The van der Waals surface area contributed by atoms with Crippen LogP contribution in [0.5, 0.6) is 5.75 Å². The van der Waals surface area contributed by atoms with E-state index >= 15 is 0 Å². The summed E-state index contributed by atoms with van der Waals surface area (Å²) in [4.78, 5) is 23.7. The van der Waals surface area contributed by atoms with Crippen LogP contribution in [-0.2, 0) is 14.3 Å². The molecule has 0 spiro atoms. The zero-order valence-corrected chi connectivity index (χ0v) is 15.2. The zero-order chi connectivity index (χ0) is 19.1. The summed E-state index contributed by atoms with van der Waals surface area (Å²) in [5, 5.41) is 8.48. The van der Waals surface area contributed by atoms with Crippen molar-refractivity contribution in [3.05, 3.63) is 42.0 Å². The smallest absolute Gasteiger partial charge is 0.329 e. The molecule has 1 aliphatic rings. The first-order chi connectivity index (χ1) is 13.2. The fourth-order valence-corrected chi connectivity index (χ4v) is 2.99. The van der Waals surface area contributed by atoms with Gasteiger partial charge in [0.25, 0.3) is 0 Å². The van der Waals surface area contributed by atoms with Crippen LogP contribution in [0.1, 0.15) is 25.3 Å². The summed E-state index contributed by atoms with van der Waals surface area (Å²) >= 11 is 0. The van der Waals surface area contributed by atoms with Gasteiger partial charge in [-0.25, -0.2) is 5.43 Å². The highest BCUT2D eigenvalue weighted by atomic mass is 16.5. The molecule has 7 nitrogen and oxygen atoms in total. The lowest BCUT2D eigenvalue weighted by atomic mass is 10.0. The Kier molecular flexibility index (Phi) is 6.38. The second-order valence-electron chi connectivity index (χ2n) is 6.18. The van der Waals surface area contributed by atoms with Crippen LogP contribution in [0, 0.1) is 0 Å². The normalized spacial score (nSPS) is 16.6. The van der Waals surface area contributed by atoms with Gasteiger partial charge in [-0.1, -0.05) is 30.3 Å². The minimum Gasteiger partial charge on any atom is -0.493 e. The third kappa shape index (κ3) is 4.83. The number of ether oxygens (including phenoxy) is 2. The Labute approximate surface area is 157 Å². The number of benzene rings is 2. The van der Waals surface area contributed by atoms with Crippen molar-refractivity contribution in [1.29, 1.82) is 0 Å². The van der Waals surface area contributed by atoms with Crippen molar-refractivity contribution in [3.8, 4) is 5.75 Å². The van der Waals surface area contributed by atoms with E-state index in [1.54, 1.807) is 0 Å². The maximum absolute atomic E-state index is 11.9. The molecule has 0 bridgehead atoms. The van der Waals surface area contributed by atoms with Crippen molar-refractivity contribution in [3.63, 3.8) is 0 Å². The maximum atomic E-state index is 11.9. The molecule has 3 rings (SSSR count). The van der Waals surface area contributed by atoms with Gasteiger partial charge in [0.15, 0.2) is 0 Å². The molecule has 0 unspecified atom stereocenters. The van der Waals surface area contributed by atoms with Crippen LogP contribution in [0.3, 0.4) is 0 Å². The molecule has 27 heavy (non-hydrogen) atoms. The molecule has 1 fully saturated rings. The third-order valence-corrected chi connectivity index (χ3v) is 4.31. The first kappa shape index (κ1) is 18.8. The van der Waals surface area contributed by atoms with Gasteiger partial charge in [0, 0.05) is 18.7 Å². The number of nitrogens with one attached hydrogen (secondary N) is 2. The number of hydrogen-bond acceptors (Lipinski definition) is 5. The average Bonchev–Trinajstić information content (AvgIpc) is 3.21. The quantitative estimate of drug-likeness (QED) is 0.463. The Hall–Kier alpha value is -2.93. The lowest BCUT2D eigenvalue weighted by molar-refractivity contribution is -0.139. The van der Waals surface area contributed by atoms with Gasteiger partial charge in [-0.3, -0.25) is 9.59 Å². The standard InChI is InChI=1S/C20H23N3O4/c1-2-26-18-10-9-14-6-3-4-8-16(14)17(18)13-22-23-20(25)19(24)21-12-15-7-5-11-27-15/h3-4,6,8-10,13,15H,2,5,7,11-12H2,1H3,(H,21,24)(H,23,25)/b22-13-/t15-/m0/s1. The molecule has 0 aliphatic carbocycles. The van der Waals surface area contributed by atoms with Gasteiger partial charge in [-0.05, 0) is 36.6 Å². The van der Waals surface area contributed by atoms with Crippen LogP contribution in [-0.4, -0.2) is 43.9 Å². The molecule has 2 aromatic carbocycles. The van der Waals surface area contributed by atoms with Crippen molar-refractivity contribution < 1.29 is 19.1 Å². The summed E-state index contributed by atoms with van der Waals surface area (Å²) in [6.07, 6.45) is 3.35. The number of hydrogen-bond donors (Lipinski definition) is 2. The number of fused-ring (bicyclic) bond motifs is 1. The molecule has 1 saturated heterocycles. The zero-order valence-electron chi connectivity index (χ0n) is 15.2. The first-order valence-electron chi connectivity index (χ1n) is 9.06. The van der Waals surface area contributed by atoms with Crippen molar-refractivity contribution in [2.45, 2.75) is 25.9 Å². The maximum Gasteiger partial charge on any atom is 0.329 e. The summed E-state index contributed by atoms with van der Waals surface area (Å²) in [6.45, 7) is 3.44. The molecular weight excluding hydrogens is 346 g/mol. The SMILES string of the molecule is CCOc1ccc2ccccc2c1/C=N\NC(=O)C(=O)NC[C@@H]1CCCO1. The largest absolute Gasteiger partial charge is 0.493 e. The molecule has 2 aromatic rings. The van der Waals surface area contributed by atoms with Gasteiger partial charge < -0.3 is 14.8 Å². The number of hydrazone groups is 1. The van der Waals surface area contributed by atoms with E-state index in [-0.39, 0.29) is 6.10 Å². The molecule has 2 amide bonds. The molecular formula is C20H23N3O4. The average molecular weight is 369 g/mol. The fraction of sp³-hybridized carbons (Fsp3) is 0.350. The fourth-order valence-electron chi connectivity index (χ4n) is 2.99. The Balaban J connectivity index is 1.65. The summed E-state index contributed by atoms with van der Waals surface area (Å²) in [6, 6.07) is 11.6. The summed E-state index contributed by atoms with van der Waals surface area (Å²) < 4.78 is 11.1. The van der Waals surface area contributed by atoms with Crippen LogP contribution in [0.4, 0.5) is 0 Å². The van der Waals surface area contributed by atoms with Gasteiger partial charge in [0.2, 0.25) is 0 Å². The highest BCUT2D eigenvalue weighted by Gasteiger charge is 2.19. The van der Waals surface area contributed by atoms with Crippen LogP contribution in [0.25, 0.3) is 10.8 Å². The molecule has 142 valence electrons. The first-order valence-corrected chi connectivity index (χ1v) is 9.06. The molecule has 1 atom stereocenters. The van der Waals surface area contributed by atoms with E-state index in [2.05, 4.69) is 15.8 Å². The lowest BCUT2D eigenvalue weighted by Crippen LogP contribution is -2.41. The highest BCUT2D eigenvalue weighted by molar-refractivity contribution is 6.35. The topological polar surface area (TPSA) is 89.0 Å². The van der Waals surface area contributed by atoms with Crippen LogP contribution in [0.15, 0.2) is 41.5 Å². The second-order valence-corrected chi connectivity index (χ2v) is 6.18. The molecule has 0 saturated carbocycles. The van der Waals surface area contributed by atoms with E-state index in [9.17, 15) is 9.59 Å². The van der Waals surface area contributed by atoms with Gasteiger partial charge >= 0.3 is 11.8 Å². The number of nitrogens with zero attached hydrogens (tertiary/aromatic N) is 1. The number of amides is 2. The van der Waals surface area contributed by atoms with E-state index in [4.69, 9.17) is 9.47 Å². The Morgan fingerprint density at radius 1 is 1.26 bits per heavy atom. The number of carbonyl (C=O) groups is 2. The van der Waals surface area contributed by atoms with E-state index in [1.807, 2.05) is 43.3 Å². The van der Waals surface area contributed by atoms with Crippen LogP contribution >= 0.6 is 0 Å². The van der Waals surface area contributed by atoms with E-state index in [0.29, 0.717) is 25.5 Å². The molecule has 1 heterocycles. The number of carbonyl (C=O) groups excluding carboxylic acids is 2. The lowest BCUT2D eigenvalue weighted by Gasteiger charge is -2.10. The van der Waals surface area contributed by atoms with Gasteiger partial charge in [0.05, 0.1) is 18.9 Å². The molecule has 1 aliphatic heterocycles. The van der Waals surface area contributed by atoms with Crippen molar-refractivity contribution in [2.24, 2.45) is 5.10 Å². The van der Waals surface area contributed by atoms with Gasteiger partial charge in [-0.15, -0.1) is 0 Å². The molecule has 7 heteroatoms. The minimum atomic E-state index is -0.817. The second kappa shape index (κ2) is 9.14. The van der Waals surface area contributed by atoms with E-state index in [1.165, 1.54) is 6.21 Å². The summed E-state index contributed by atoms with van der Waals surface area (Å²) in [5.41, 5.74) is 3.01. The monoisotopic (exact) mass is 369 g/mol. The van der Waals surface area contributed by atoms with Crippen molar-refractivity contribution >= 4 is 28.8 Å². The number of rotatable bonds is 6. The van der Waals surface area contributed by atoms with E-state index < -0.39 is 11.8 Å². The summed E-state index contributed by atoms with van der Waals surface area (Å²) in [5.74, 6) is -0.884. The highest BCUT2D eigenvalue weighted by Crippen LogP contribution is 2.26. The van der Waals surface area contributed by atoms with E-state index in [0.717, 1.165) is 29.2 Å². The Morgan fingerprint density at radius 3 is 2.89 bits per heavy atom. The third-order valence-electron chi connectivity index (χ3n) is 4.31. The molecule has 2 N–H and O–H groups in total. The predicted octanol–water partition coefficient (Wildman–Crippen LogP) is 1.98. The van der Waals surface area contributed by atoms with Crippen molar-refractivity contribution in [2.75, 3.05) is 19.8 Å². The predicted molar refractivity (Wildman–Crippen MR) is 103 cm³/mol. The van der Waals surface area contributed by atoms with Gasteiger partial charge in [-0.2, -0.15) is 5.10 Å². The van der Waals surface area contributed by atoms with Crippen molar-refractivity contribution in [1.82, 2.24) is 10.7 Å². The Morgan fingerprint density at radius 2 is 2.11 bits per heavy atom. The van der Waals surface area contributed by atoms with Crippen LogP contribution in [0.2, 0.25) is 0 Å². The summed E-state index contributed by atoms with van der Waals surface area (Å²) in [7, 11) is 0. The van der Waals surface area contributed by atoms with Gasteiger partial charge in [0.1, 0.15) is 5.75 Å². The molecule has 0 radical (unpaired) electrons. The Bertz CT molecular complexity index is 844.